The molecule has 0 spiro atoms. The van der Waals surface area contributed by atoms with Crippen LogP contribution >= 0.6 is 0 Å². The zero-order chi connectivity index (χ0) is 12.1. The minimum absolute atomic E-state index is 0.0155. The van der Waals surface area contributed by atoms with Gasteiger partial charge in [0.1, 0.15) is 12.1 Å². The number of anilines is 1. The van der Waals surface area contributed by atoms with Gasteiger partial charge in [-0.3, -0.25) is 0 Å². The summed E-state index contributed by atoms with van der Waals surface area (Å²) < 4.78 is 5.11. The molecule has 0 saturated heterocycles. The van der Waals surface area contributed by atoms with Crippen LogP contribution in [0.15, 0.2) is 6.33 Å². The monoisotopic (exact) mass is 225 g/mol. The molecule has 0 fully saturated rings. The van der Waals surface area contributed by atoms with Crippen LogP contribution in [0.4, 0.5) is 5.82 Å². The van der Waals surface area contributed by atoms with Crippen molar-refractivity contribution >= 4 is 5.82 Å². The first-order valence-electron chi connectivity index (χ1n) is 5.33. The second kappa shape index (κ2) is 5.65. The van der Waals surface area contributed by atoms with Crippen LogP contribution in [0.25, 0.3) is 0 Å². The molecule has 0 aliphatic rings. The lowest BCUT2D eigenvalue weighted by Crippen LogP contribution is -2.30. The Hall–Kier alpha value is -1.36. The summed E-state index contributed by atoms with van der Waals surface area (Å²) in [5, 5.41) is 12.4. The van der Waals surface area contributed by atoms with Crippen molar-refractivity contribution in [3.8, 4) is 5.88 Å². The minimum Gasteiger partial charge on any atom is -0.481 e. The molecule has 0 aliphatic heterocycles. The number of aliphatic hydroxyl groups is 1. The Morgan fingerprint density at radius 2 is 2.12 bits per heavy atom. The highest BCUT2D eigenvalue weighted by atomic mass is 16.5. The number of hydrogen-bond acceptors (Lipinski definition) is 5. The zero-order valence-electron chi connectivity index (χ0n) is 10.2. The molecule has 0 bridgehead atoms. The summed E-state index contributed by atoms with van der Waals surface area (Å²) in [6.45, 7) is 6.04. The van der Waals surface area contributed by atoms with E-state index in [1.54, 1.807) is 7.11 Å². The third-order valence-electron chi connectivity index (χ3n) is 2.55. The summed E-state index contributed by atoms with van der Waals surface area (Å²) >= 11 is 0. The average Bonchev–Trinajstić information content (AvgIpc) is 2.27. The molecule has 0 amide bonds. The molecule has 16 heavy (non-hydrogen) atoms. The maximum Gasteiger partial charge on any atom is 0.221 e. The van der Waals surface area contributed by atoms with E-state index in [0.29, 0.717) is 17.6 Å². The maximum absolute atomic E-state index is 9.24. The summed E-state index contributed by atoms with van der Waals surface area (Å²) in [5.74, 6) is 1.59. The molecule has 1 atom stereocenters. The van der Waals surface area contributed by atoms with Crippen LogP contribution in [0.5, 0.6) is 5.88 Å². The van der Waals surface area contributed by atoms with Crippen molar-refractivity contribution in [3.63, 3.8) is 0 Å². The number of nitrogens with zero attached hydrogens (tertiary/aromatic N) is 2. The smallest absolute Gasteiger partial charge is 0.221 e. The van der Waals surface area contributed by atoms with E-state index in [4.69, 9.17) is 4.74 Å². The predicted octanol–water partition coefficient (Wildman–Crippen LogP) is 1.22. The first kappa shape index (κ1) is 12.7. The van der Waals surface area contributed by atoms with Gasteiger partial charge in [0.05, 0.1) is 25.3 Å². The Kier molecular flexibility index (Phi) is 4.49. The quantitative estimate of drug-likeness (QED) is 0.788. The van der Waals surface area contributed by atoms with Crippen LogP contribution < -0.4 is 10.1 Å². The van der Waals surface area contributed by atoms with Gasteiger partial charge in [0.15, 0.2) is 0 Å². The summed E-state index contributed by atoms with van der Waals surface area (Å²) in [4.78, 5) is 8.14. The van der Waals surface area contributed by atoms with Crippen LogP contribution in [-0.4, -0.2) is 34.8 Å². The normalized spacial score (nSPS) is 12.6. The van der Waals surface area contributed by atoms with Gasteiger partial charge in [0.2, 0.25) is 5.88 Å². The van der Waals surface area contributed by atoms with E-state index in [-0.39, 0.29) is 12.6 Å². The predicted molar refractivity (Wildman–Crippen MR) is 62.7 cm³/mol. The Bertz CT molecular complexity index is 342. The molecular formula is C11H19N3O2. The Labute approximate surface area is 95.9 Å². The molecule has 0 aliphatic carbocycles. The molecule has 2 N–H and O–H groups in total. The number of methoxy groups -OCH3 is 1. The van der Waals surface area contributed by atoms with Crippen LogP contribution in [-0.2, 0) is 0 Å². The second-order valence-electron chi connectivity index (χ2n) is 4.03. The average molecular weight is 225 g/mol. The third-order valence-corrected chi connectivity index (χ3v) is 2.55. The van der Waals surface area contributed by atoms with Gasteiger partial charge in [-0.25, -0.2) is 9.97 Å². The minimum atomic E-state index is -0.0155. The van der Waals surface area contributed by atoms with E-state index in [1.165, 1.54) is 6.33 Å². The van der Waals surface area contributed by atoms with Crippen molar-refractivity contribution in [2.75, 3.05) is 19.0 Å². The molecule has 0 radical (unpaired) electrons. The number of aliphatic hydroxyl groups excluding tert-OH is 1. The van der Waals surface area contributed by atoms with Crippen molar-refractivity contribution in [1.29, 1.82) is 0 Å². The fourth-order valence-electron chi connectivity index (χ4n) is 1.38. The van der Waals surface area contributed by atoms with Gasteiger partial charge in [-0.2, -0.15) is 0 Å². The highest BCUT2D eigenvalue weighted by Gasteiger charge is 2.15. The van der Waals surface area contributed by atoms with Crippen molar-refractivity contribution in [3.05, 3.63) is 11.9 Å². The molecular weight excluding hydrogens is 206 g/mol. The van der Waals surface area contributed by atoms with Gasteiger partial charge >= 0.3 is 0 Å². The standard InChI is InChI=1S/C11H19N3O2/c1-7(2)9(5-15)14-10-8(3)11(16-4)13-6-12-10/h6-7,9,15H,5H2,1-4H3,(H,12,13,14). The van der Waals surface area contributed by atoms with E-state index in [1.807, 2.05) is 20.8 Å². The lowest BCUT2D eigenvalue weighted by atomic mass is 10.1. The number of rotatable bonds is 5. The topological polar surface area (TPSA) is 67.3 Å². The molecule has 0 saturated carbocycles. The van der Waals surface area contributed by atoms with Gasteiger partial charge in [0.25, 0.3) is 0 Å². The summed E-state index contributed by atoms with van der Waals surface area (Å²) in [7, 11) is 1.57. The molecule has 1 aromatic rings. The largest absolute Gasteiger partial charge is 0.481 e. The molecule has 0 aromatic carbocycles. The van der Waals surface area contributed by atoms with Gasteiger partial charge in [-0.05, 0) is 12.8 Å². The fourth-order valence-corrected chi connectivity index (χ4v) is 1.38. The lowest BCUT2D eigenvalue weighted by Gasteiger charge is -2.21. The molecule has 5 heteroatoms. The lowest BCUT2D eigenvalue weighted by molar-refractivity contribution is 0.249. The molecule has 1 unspecified atom stereocenters. The van der Waals surface area contributed by atoms with Gasteiger partial charge < -0.3 is 15.2 Å². The highest BCUT2D eigenvalue weighted by molar-refractivity contribution is 5.48. The van der Waals surface area contributed by atoms with Gasteiger partial charge in [0, 0.05) is 0 Å². The summed E-state index contributed by atoms with van der Waals surface area (Å²) in [6.07, 6.45) is 1.45. The van der Waals surface area contributed by atoms with Gasteiger partial charge in [-0.15, -0.1) is 0 Å². The van der Waals surface area contributed by atoms with E-state index in [2.05, 4.69) is 15.3 Å². The number of nitrogens with one attached hydrogen (secondary N) is 1. The summed E-state index contributed by atoms with van der Waals surface area (Å²) in [6, 6.07) is -0.0155. The van der Waals surface area contributed by atoms with Crippen molar-refractivity contribution in [2.24, 2.45) is 5.92 Å². The highest BCUT2D eigenvalue weighted by Crippen LogP contribution is 2.21. The zero-order valence-corrected chi connectivity index (χ0v) is 10.2. The molecule has 1 aromatic heterocycles. The Morgan fingerprint density at radius 1 is 1.44 bits per heavy atom. The van der Waals surface area contributed by atoms with Crippen molar-refractivity contribution < 1.29 is 9.84 Å². The number of hydrogen-bond donors (Lipinski definition) is 2. The van der Waals surface area contributed by atoms with Crippen molar-refractivity contribution in [2.45, 2.75) is 26.8 Å². The van der Waals surface area contributed by atoms with E-state index in [0.717, 1.165) is 5.56 Å². The van der Waals surface area contributed by atoms with E-state index < -0.39 is 0 Å². The number of aromatic nitrogens is 2. The van der Waals surface area contributed by atoms with Crippen LogP contribution in [0.3, 0.4) is 0 Å². The van der Waals surface area contributed by atoms with Crippen LogP contribution in [0.1, 0.15) is 19.4 Å². The molecule has 1 heterocycles. The fraction of sp³-hybridized carbons (Fsp3) is 0.636. The van der Waals surface area contributed by atoms with E-state index in [9.17, 15) is 5.11 Å². The summed E-state index contributed by atoms with van der Waals surface area (Å²) in [5.41, 5.74) is 0.851. The van der Waals surface area contributed by atoms with Gasteiger partial charge in [-0.1, -0.05) is 13.8 Å². The van der Waals surface area contributed by atoms with Crippen LogP contribution in [0.2, 0.25) is 0 Å². The van der Waals surface area contributed by atoms with Crippen molar-refractivity contribution in [1.82, 2.24) is 9.97 Å². The first-order valence-corrected chi connectivity index (χ1v) is 5.33. The SMILES string of the molecule is COc1ncnc(NC(CO)C(C)C)c1C. The van der Waals surface area contributed by atoms with Crippen LogP contribution in [0, 0.1) is 12.8 Å². The maximum atomic E-state index is 9.24. The third kappa shape index (κ3) is 2.82. The second-order valence-corrected chi connectivity index (χ2v) is 4.03. The molecule has 1 rings (SSSR count). The molecule has 90 valence electrons. The number of ether oxygens (including phenoxy) is 1. The molecule has 5 nitrogen and oxygen atoms in total. The first-order chi connectivity index (χ1) is 7.60. The Morgan fingerprint density at radius 3 is 2.62 bits per heavy atom. The van der Waals surface area contributed by atoms with E-state index >= 15 is 0 Å². The Balaban J connectivity index is 2.88.